The number of ketones is 2. The zero-order valence-corrected chi connectivity index (χ0v) is 13.9. The molecule has 0 radical (unpaired) electrons. The smallest absolute Gasteiger partial charge is 0.205 e. The lowest BCUT2D eigenvalue weighted by atomic mass is 9.82. The zero-order valence-electron chi connectivity index (χ0n) is 12.3. The summed E-state index contributed by atoms with van der Waals surface area (Å²) in [6, 6.07) is 14.6. The molecule has 0 heterocycles. The highest BCUT2D eigenvalue weighted by atomic mass is 35.5. The van der Waals surface area contributed by atoms with E-state index in [2.05, 4.69) is 0 Å². The van der Waals surface area contributed by atoms with E-state index in [4.69, 9.17) is 23.2 Å². The number of Topliss-reactive ketones (excluding diaryl/α,β-unsaturated/α-hetero) is 2. The quantitative estimate of drug-likeness (QED) is 0.649. The van der Waals surface area contributed by atoms with Crippen molar-refractivity contribution in [3.05, 3.63) is 93.0 Å². The molecule has 4 heteroatoms. The van der Waals surface area contributed by atoms with Gasteiger partial charge in [-0.2, -0.15) is 0 Å². The maximum Gasteiger partial charge on any atom is 0.205 e. The van der Waals surface area contributed by atoms with E-state index >= 15 is 0 Å². The minimum atomic E-state index is -0.202. The molecule has 0 amide bonds. The predicted octanol–water partition coefficient (Wildman–Crippen LogP) is 5.24. The summed E-state index contributed by atoms with van der Waals surface area (Å²) in [5, 5.41) is 0.296. The van der Waals surface area contributed by atoms with Crippen molar-refractivity contribution in [3.63, 3.8) is 0 Å². The van der Waals surface area contributed by atoms with Gasteiger partial charge in [-0.3, -0.25) is 9.59 Å². The molecule has 2 aliphatic carbocycles. The van der Waals surface area contributed by atoms with E-state index in [1.807, 2.05) is 24.3 Å². The van der Waals surface area contributed by atoms with Crippen LogP contribution in [0.5, 0.6) is 0 Å². The van der Waals surface area contributed by atoms with Crippen LogP contribution in [-0.2, 0) is 0 Å². The van der Waals surface area contributed by atoms with Crippen molar-refractivity contribution in [2.24, 2.45) is 0 Å². The zero-order chi connectivity index (χ0) is 16.8. The Bertz CT molecular complexity index is 928. The number of allylic oxidation sites excluding steroid dienone is 6. The molecule has 0 unspecified atom stereocenters. The molecule has 4 rings (SSSR count). The van der Waals surface area contributed by atoms with Gasteiger partial charge in [0.1, 0.15) is 0 Å². The summed E-state index contributed by atoms with van der Waals surface area (Å²) in [7, 11) is 0. The van der Waals surface area contributed by atoms with Gasteiger partial charge < -0.3 is 0 Å². The normalized spacial score (nSPS) is 19.4. The van der Waals surface area contributed by atoms with Crippen LogP contribution in [0.4, 0.5) is 0 Å². The molecule has 0 saturated heterocycles. The van der Waals surface area contributed by atoms with Crippen molar-refractivity contribution >= 4 is 45.9 Å². The van der Waals surface area contributed by atoms with Crippen LogP contribution >= 0.6 is 23.2 Å². The van der Waals surface area contributed by atoms with Crippen molar-refractivity contribution in [2.75, 3.05) is 0 Å². The first-order valence-corrected chi connectivity index (χ1v) is 8.10. The highest BCUT2D eigenvalue weighted by molar-refractivity contribution is 6.49. The van der Waals surface area contributed by atoms with Gasteiger partial charge >= 0.3 is 0 Å². The highest BCUT2D eigenvalue weighted by Gasteiger charge is 2.28. The van der Waals surface area contributed by atoms with E-state index in [9.17, 15) is 9.59 Å². The summed E-state index contributed by atoms with van der Waals surface area (Å²) in [6.07, 6.45) is 3.30. The molecule has 0 aliphatic heterocycles. The second kappa shape index (κ2) is 5.59. The summed E-state index contributed by atoms with van der Waals surface area (Å²) in [4.78, 5) is 24.6. The monoisotopic (exact) mass is 352 g/mol. The number of halogens is 2. The molecule has 0 atom stereocenters. The Morgan fingerprint density at radius 2 is 0.875 bits per heavy atom. The molecule has 0 fully saturated rings. The van der Waals surface area contributed by atoms with Crippen LogP contribution in [0, 0.1) is 0 Å². The Kier molecular flexibility index (Phi) is 3.52. The van der Waals surface area contributed by atoms with Crippen molar-refractivity contribution in [2.45, 2.75) is 0 Å². The number of benzene rings is 2. The Morgan fingerprint density at radius 3 is 1.25 bits per heavy atom. The van der Waals surface area contributed by atoms with Crippen LogP contribution in [0.3, 0.4) is 0 Å². The van der Waals surface area contributed by atoms with Gasteiger partial charge in [-0.25, -0.2) is 0 Å². The Balaban J connectivity index is 2.10. The lowest BCUT2D eigenvalue weighted by Gasteiger charge is -2.22. The minimum absolute atomic E-state index is 0.148. The summed E-state index contributed by atoms with van der Waals surface area (Å²) in [6.45, 7) is 0. The van der Waals surface area contributed by atoms with Gasteiger partial charge in [0.05, 0.1) is 10.1 Å². The molecule has 2 aliphatic rings. The van der Waals surface area contributed by atoms with Gasteiger partial charge in [0.15, 0.2) is 0 Å². The Morgan fingerprint density at radius 1 is 0.542 bits per heavy atom. The number of carbonyl (C=O) groups excluding carboxylic acids is 2. The number of hydrogen-bond acceptors (Lipinski definition) is 2. The van der Waals surface area contributed by atoms with Crippen LogP contribution in [0.25, 0.3) is 11.1 Å². The Labute approximate surface area is 148 Å². The fraction of sp³-hybridized carbons (Fsp3) is 0. The fourth-order valence-electron chi connectivity index (χ4n) is 3.07. The van der Waals surface area contributed by atoms with E-state index in [1.165, 1.54) is 0 Å². The number of fused-ring (bicyclic) bond motifs is 2. The fourth-order valence-corrected chi connectivity index (χ4v) is 3.50. The first-order valence-electron chi connectivity index (χ1n) is 7.35. The Hall–Kier alpha value is -2.42. The predicted molar refractivity (Wildman–Crippen MR) is 96.2 cm³/mol. The topological polar surface area (TPSA) is 34.1 Å². The van der Waals surface area contributed by atoms with Crippen LogP contribution in [0.2, 0.25) is 0 Å². The van der Waals surface area contributed by atoms with Gasteiger partial charge in [0.2, 0.25) is 11.6 Å². The maximum absolute atomic E-state index is 12.3. The number of carbonyl (C=O) groups is 2. The number of hydrogen-bond donors (Lipinski definition) is 0. The molecule has 2 nitrogen and oxygen atoms in total. The first kappa shape index (κ1) is 15.1. The van der Waals surface area contributed by atoms with Crippen molar-refractivity contribution in [1.82, 2.24) is 0 Å². The molecule has 0 aromatic heterocycles. The third-order valence-electron chi connectivity index (χ3n) is 4.19. The summed E-state index contributed by atoms with van der Waals surface area (Å²) >= 11 is 12.3. The van der Waals surface area contributed by atoms with Gasteiger partial charge in [0, 0.05) is 11.1 Å². The standard InChI is InChI=1S/C20H10Cl2O2/c21-17-9-15(11-5-1-3-7-13(11)19(17)23)16-10-18(22)20(24)14-8-4-2-6-12(14)16/h1-10H. The first-order chi connectivity index (χ1) is 11.6. The van der Waals surface area contributed by atoms with E-state index in [-0.39, 0.29) is 21.6 Å². The molecular weight excluding hydrogens is 343 g/mol. The van der Waals surface area contributed by atoms with E-state index in [0.717, 1.165) is 22.3 Å². The molecule has 116 valence electrons. The summed E-state index contributed by atoms with van der Waals surface area (Å²) < 4.78 is 0. The largest absolute Gasteiger partial charge is 0.288 e. The highest BCUT2D eigenvalue weighted by Crippen LogP contribution is 2.40. The van der Waals surface area contributed by atoms with Crippen molar-refractivity contribution in [1.29, 1.82) is 0 Å². The lowest BCUT2D eigenvalue weighted by Crippen LogP contribution is -2.12. The van der Waals surface area contributed by atoms with E-state index < -0.39 is 0 Å². The van der Waals surface area contributed by atoms with Gasteiger partial charge in [0.25, 0.3) is 0 Å². The van der Waals surface area contributed by atoms with Crippen LogP contribution in [-0.4, -0.2) is 11.6 Å². The number of rotatable bonds is 0. The van der Waals surface area contributed by atoms with Gasteiger partial charge in [-0.1, -0.05) is 71.7 Å². The average Bonchev–Trinajstić information content (AvgIpc) is 2.61. The van der Waals surface area contributed by atoms with E-state index in [0.29, 0.717) is 11.1 Å². The molecule has 2 aromatic carbocycles. The van der Waals surface area contributed by atoms with Gasteiger partial charge in [-0.05, 0) is 34.4 Å². The summed E-state index contributed by atoms with van der Waals surface area (Å²) in [5.41, 5.74) is 4.23. The molecule has 0 saturated carbocycles. The molecular formula is C20H10Cl2O2. The van der Waals surface area contributed by atoms with Crippen molar-refractivity contribution in [3.8, 4) is 0 Å². The maximum atomic E-state index is 12.3. The lowest BCUT2D eigenvalue weighted by molar-refractivity contribution is 0.103. The molecule has 2 aromatic rings. The molecule has 0 spiro atoms. The van der Waals surface area contributed by atoms with E-state index in [1.54, 1.807) is 36.4 Å². The van der Waals surface area contributed by atoms with Crippen LogP contribution < -0.4 is 0 Å². The third kappa shape index (κ3) is 2.19. The third-order valence-corrected chi connectivity index (χ3v) is 4.75. The SMILES string of the molecule is O=C1C(Cl)=CC(=C2C=C(Cl)C(=O)c3ccccc32)c2ccccc21. The average molecular weight is 353 g/mol. The second-order valence-corrected chi connectivity index (χ2v) is 6.38. The second-order valence-electron chi connectivity index (χ2n) is 5.56. The van der Waals surface area contributed by atoms with Crippen molar-refractivity contribution < 1.29 is 9.59 Å². The molecule has 0 N–H and O–H groups in total. The summed E-state index contributed by atoms with van der Waals surface area (Å²) in [5.74, 6) is -0.404. The van der Waals surface area contributed by atoms with Gasteiger partial charge in [-0.15, -0.1) is 0 Å². The molecule has 24 heavy (non-hydrogen) atoms. The van der Waals surface area contributed by atoms with Crippen LogP contribution in [0.15, 0.2) is 70.7 Å². The molecule has 0 bridgehead atoms. The van der Waals surface area contributed by atoms with Crippen LogP contribution in [0.1, 0.15) is 31.8 Å². The minimum Gasteiger partial charge on any atom is -0.288 e.